The van der Waals surface area contributed by atoms with Crippen LogP contribution in [-0.4, -0.2) is 71.7 Å². The Balaban J connectivity index is 1.41. The topological polar surface area (TPSA) is 111 Å². The Kier molecular flexibility index (Phi) is 10.6. The predicted molar refractivity (Wildman–Crippen MR) is 157 cm³/mol. The number of aliphatic hydroxyl groups is 2. The molecule has 4 rings (SSSR count). The number of benzene rings is 2. The molecule has 216 valence electrons. The second-order valence-electron chi connectivity index (χ2n) is 11.2. The number of hydrogen-bond acceptors (Lipinski definition) is 7. The lowest BCUT2D eigenvalue weighted by molar-refractivity contribution is -0.181. The number of aliphatic hydroxyl groups excluding tert-OH is 2. The van der Waals surface area contributed by atoms with Crippen LogP contribution in [0.1, 0.15) is 56.6 Å². The lowest BCUT2D eigenvalue weighted by atomic mass is 9.83. The summed E-state index contributed by atoms with van der Waals surface area (Å²) in [6, 6.07) is 17.2. The zero-order valence-electron chi connectivity index (χ0n) is 23.8. The Morgan fingerprint density at radius 3 is 2.65 bits per heavy atom. The van der Waals surface area contributed by atoms with Gasteiger partial charge in [-0.15, -0.1) is 0 Å². The molecule has 2 fully saturated rings. The molecular weight excluding hydrogens is 504 g/mol. The van der Waals surface area contributed by atoms with E-state index in [1.165, 1.54) is 6.42 Å². The molecule has 2 aliphatic rings. The molecule has 2 aromatic rings. The molecule has 40 heavy (non-hydrogen) atoms. The maximum atomic E-state index is 13.4. The highest BCUT2D eigenvalue weighted by Crippen LogP contribution is 2.32. The van der Waals surface area contributed by atoms with E-state index in [0.717, 1.165) is 55.5 Å². The first-order valence-corrected chi connectivity index (χ1v) is 14.5. The molecule has 0 radical (unpaired) electrons. The molecule has 8 nitrogen and oxygen atoms in total. The third kappa shape index (κ3) is 7.84. The van der Waals surface area contributed by atoms with E-state index in [-0.39, 0.29) is 12.5 Å². The van der Waals surface area contributed by atoms with Gasteiger partial charge in [0.25, 0.3) is 0 Å². The Labute approximate surface area is 238 Å². The number of amides is 1. The van der Waals surface area contributed by atoms with Gasteiger partial charge < -0.3 is 26.2 Å². The molecular formula is C32H44N4O4. The van der Waals surface area contributed by atoms with E-state index in [4.69, 9.17) is 10.6 Å². The van der Waals surface area contributed by atoms with Gasteiger partial charge in [-0.3, -0.25) is 9.63 Å². The average Bonchev–Trinajstić information content (AvgIpc) is 3.34. The summed E-state index contributed by atoms with van der Waals surface area (Å²) in [5.41, 5.74) is 8.98. The van der Waals surface area contributed by atoms with Crippen LogP contribution in [0, 0.1) is 17.8 Å². The minimum absolute atomic E-state index is 0.220. The first-order valence-electron chi connectivity index (χ1n) is 14.5. The predicted octanol–water partition coefficient (Wildman–Crippen LogP) is 2.82. The van der Waals surface area contributed by atoms with Crippen LogP contribution < -0.4 is 16.0 Å². The van der Waals surface area contributed by atoms with Crippen molar-refractivity contribution in [2.45, 2.75) is 75.8 Å². The van der Waals surface area contributed by atoms with Crippen molar-refractivity contribution in [2.75, 3.05) is 31.6 Å². The van der Waals surface area contributed by atoms with Gasteiger partial charge in [-0.1, -0.05) is 61.4 Å². The summed E-state index contributed by atoms with van der Waals surface area (Å²) in [6.07, 6.45) is 4.53. The Morgan fingerprint density at radius 1 is 1.20 bits per heavy atom. The number of para-hydroxylation sites is 1. The summed E-state index contributed by atoms with van der Waals surface area (Å²) < 4.78 is 0. The molecule has 8 heteroatoms. The molecule has 1 saturated heterocycles. The largest absolute Gasteiger partial charge is 0.394 e. The van der Waals surface area contributed by atoms with E-state index in [0.29, 0.717) is 13.1 Å². The number of rotatable bonds is 10. The van der Waals surface area contributed by atoms with Crippen molar-refractivity contribution in [3.63, 3.8) is 0 Å². The molecule has 0 unspecified atom stereocenters. The molecule has 1 saturated carbocycles. The van der Waals surface area contributed by atoms with E-state index in [2.05, 4.69) is 34.2 Å². The maximum absolute atomic E-state index is 13.4. The number of anilines is 1. The van der Waals surface area contributed by atoms with Crippen molar-refractivity contribution < 1.29 is 19.8 Å². The monoisotopic (exact) mass is 548 g/mol. The molecule has 1 heterocycles. The Hall–Kier alpha value is -2.93. The summed E-state index contributed by atoms with van der Waals surface area (Å²) in [4.78, 5) is 21.6. The van der Waals surface area contributed by atoms with Crippen LogP contribution in [0.5, 0.6) is 0 Å². The Morgan fingerprint density at radius 2 is 1.95 bits per heavy atom. The molecule has 2 aromatic carbocycles. The Bertz CT molecular complexity index is 1160. The fourth-order valence-corrected chi connectivity index (χ4v) is 5.75. The molecule has 0 aromatic heterocycles. The van der Waals surface area contributed by atoms with Gasteiger partial charge in [0, 0.05) is 37.3 Å². The summed E-state index contributed by atoms with van der Waals surface area (Å²) in [5, 5.41) is 25.2. The van der Waals surface area contributed by atoms with E-state index in [9.17, 15) is 15.0 Å². The standard InChI is InChI=1S/C32H44N4O4/c1-24(38)29-28(23-37)40-36(30(29)31(39)34-19-10-20-35(2)27-13-5-3-6-14-27)22-26-12-9-11-25(21-26)15-18-32(33)16-7-4-8-17-32/h3,5-6,9,11-14,21,24,28-30,37-38H,4,7-8,10,16-17,19-20,22-23,33H2,1-2H3,(H,34,39)/t24-,28-,29+,30-/m0/s1. The van der Waals surface area contributed by atoms with E-state index < -0.39 is 29.7 Å². The number of hydroxylamine groups is 2. The number of nitrogens with zero attached hydrogens (tertiary/aromatic N) is 2. The van der Waals surface area contributed by atoms with Gasteiger partial charge in [-0.2, -0.15) is 5.06 Å². The third-order valence-electron chi connectivity index (χ3n) is 8.01. The number of carbonyl (C=O) groups is 1. The summed E-state index contributed by atoms with van der Waals surface area (Å²) >= 11 is 0. The van der Waals surface area contributed by atoms with Crippen molar-refractivity contribution in [1.82, 2.24) is 10.4 Å². The number of nitrogens with two attached hydrogens (primary N) is 1. The van der Waals surface area contributed by atoms with E-state index >= 15 is 0 Å². The van der Waals surface area contributed by atoms with Gasteiger partial charge in [-0.25, -0.2) is 0 Å². The highest BCUT2D eigenvalue weighted by Gasteiger charge is 2.49. The lowest BCUT2D eigenvalue weighted by Gasteiger charge is -2.27. The highest BCUT2D eigenvalue weighted by molar-refractivity contribution is 5.82. The van der Waals surface area contributed by atoms with E-state index in [1.54, 1.807) is 12.0 Å². The molecule has 5 N–H and O–H groups in total. The van der Waals surface area contributed by atoms with Crippen LogP contribution >= 0.6 is 0 Å². The van der Waals surface area contributed by atoms with E-state index in [1.807, 2.05) is 49.5 Å². The third-order valence-corrected chi connectivity index (χ3v) is 8.01. The van der Waals surface area contributed by atoms with Gasteiger partial charge in [0.2, 0.25) is 5.91 Å². The van der Waals surface area contributed by atoms with Crippen molar-refractivity contribution in [1.29, 1.82) is 0 Å². The number of nitrogens with one attached hydrogen (secondary N) is 1. The van der Waals surface area contributed by atoms with Crippen LogP contribution in [0.3, 0.4) is 0 Å². The minimum atomic E-state index is -0.837. The first-order chi connectivity index (χ1) is 19.3. The zero-order valence-corrected chi connectivity index (χ0v) is 23.8. The van der Waals surface area contributed by atoms with Gasteiger partial charge in [0.1, 0.15) is 12.1 Å². The molecule has 1 aliphatic carbocycles. The molecule has 1 aliphatic heterocycles. The molecule has 0 spiro atoms. The van der Waals surface area contributed by atoms with Gasteiger partial charge in [0.15, 0.2) is 0 Å². The SMILES string of the molecule is C[C@H](O)[C@@H]1[C@H](CO)ON(Cc2cccc(C#CC3(N)CCCCC3)c2)[C@@H]1C(=O)NCCCN(C)c1ccccc1. The zero-order chi connectivity index (χ0) is 28.5. The van der Waals surface area contributed by atoms with Crippen LogP contribution in [0.4, 0.5) is 5.69 Å². The van der Waals surface area contributed by atoms with Crippen LogP contribution in [-0.2, 0) is 16.2 Å². The summed E-state index contributed by atoms with van der Waals surface area (Å²) in [5.74, 6) is 5.77. The summed E-state index contributed by atoms with van der Waals surface area (Å²) in [6.45, 7) is 2.94. The number of hydrogen-bond donors (Lipinski definition) is 4. The molecule has 4 atom stereocenters. The van der Waals surface area contributed by atoms with Crippen molar-refractivity contribution in [3.8, 4) is 11.8 Å². The van der Waals surface area contributed by atoms with Gasteiger partial charge in [-0.05, 0) is 56.0 Å². The average molecular weight is 549 g/mol. The van der Waals surface area contributed by atoms with Crippen molar-refractivity contribution in [3.05, 3.63) is 65.7 Å². The second kappa shape index (κ2) is 14.1. The van der Waals surface area contributed by atoms with Crippen LogP contribution in [0.2, 0.25) is 0 Å². The highest BCUT2D eigenvalue weighted by atomic mass is 16.7. The van der Waals surface area contributed by atoms with Gasteiger partial charge in [0.05, 0.1) is 24.8 Å². The molecule has 1 amide bonds. The molecule has 0 bridgehead atoms. The maximum Gasteiger partial charge on any atom is 0.240 e. The quantitative estimate of drug-likeness (QED) is 0.267. The first kappa shape index (κ1) is 30.0. The number of carbonyl (C=O) groups excluding carboxylic acids is 1. The fraction of sp³-hybridized carbons (Fsp3) is 0.531. The lowest BCUT2D eigenvalue weighted by Crippen LogP contribution is -2.49. The second-order valence-corrected chi connectivity index (χ2v) is 11.2. The van der Waals surface area contributed by atoms with Gasteiger partial charge >= 0.3 is 0 Å². The normalized spacial score (nSPS) is 23.2. The smallest absolute Gasteiger partial charge is 0.240 e. The van der Waals surface area contributed by atoms with Crippen molar-refractivity contribution in [2.24, 2.45) is 11.7 Å². The fourth-order valence-electron chi connectivity index (χ4n) is 5.75. The summed E-state index contributed by atoms with van der Waals surface area (Å²) in [7, 11) is 2.03. The van der Waals surface area contributed by atoms with Crippen molar-refractivity contribution >= 4 is 11.6 Å². The van der Waals surface area contributed by atoms with Crippen LogP contribution in [0.15, 0.2) is 54.6 Å². The van der Waals surface area contributed by atoms with Crippen LogP contribution in [0.25, 0.3) is 0 Å². The minimum Gasteiger partial charge on any atom is -0.394 e.